The van der Waals surface area contributed by atoms with Gasteiger partial charge in [0.1, 0.15) is 0 Å². The Hall–Kier alpha value is -1.35. The molecule has 0 amide bonds. The van der Waals surface area contributed by atoms with Crippen molar-refractivity contribution in [3.05, 3.63) is 34.9 Å². The van der Waals surface area contributed by atoms with E-state index in [-0.39, 0.29) is 6.42 Å². The van der Waals surface area contributed by atoms with Crippen molar-refractivity contribution in [3.63, 3.8) is 0 Å². The van der Waals surface area contributed by atoms with Gasteiger partial charge in [-0.15, -0.1) is 0 Å². The smallest absolute Gasteiger partial charge is 0.305 e. The summed E-state index contributed by atoms with van der Waals surface area (Å²) in [4.78, 5) is 10.3. The van der Waals surface area contributed by atoms with E-state index < -0.39 is 5.97 Å². The molecule has 0 saturated carbocycles. The highest BCUT2D eigenvalue weighted by Gasteiger charge is 1.98. The zero-order valence-electron chi connectivity index (χ0n) is 11.9. The molecule has 3 nitrogen and oxygen atoms in total. The fraction of sp³-hybridized carbons (Fsp3) is 0.562. The van der Waals surface area contributed by atoms with Crippen molar-refractivity contribution < 1.29 is 14.6 Å². The van der Waals surface area contributed by atoms with Gasteiger partial charge < -0.3 is 9.84 Å². The standard InChI is InChI=1S/C16H24O3/c1-13-7-8-15(12-14(13)2)6-4-3-5-10-19-11-9-16(17)18/h7-8,12H,3-6,9-11H2,1-2H3,(H,17,18). The van der Waals surface area contributed by atoms with Crippen LogP contribution in [0.5, 0.6) is 0 Å². The number of carboxylic acids is 1. The minimum absolute atomic E-state index is 0.0998. The van der Waals surface area contributed by atoms with Crippen molar-refractivity contribution in [2.75, 3.05) is 13.2 Å². The van der Waals surface area contributed by atoms with Gasteiger partial charge in [-0.2, -0.15) is 0 Å². The van der Waals surface area contributed by atoms with E-state index in [9.17, 15) is 4.79 Å². The molecule has 1 aromatic rings. The number of benzene rings is 1. The highest BCUT2D eigenvalue weighted by atomic mass is 16.5. The van der Waals surface area contributed by atoms with Crippen molar-refractivity contribution in [3.8, 4) is 0 Å². The van der Waals surface area contributed by atoms with Crippen molar-refractivity contribution in [1.82, 2.24) is 0 Å². The van der Waals surface area contributed by atoms with Crippen LogP contribution in [0.1, 0.15) is 42.4 Å². The first-order valence-electron chi connectivity index (χ1n) is 6.95. The number of aryl methyl sites for hydroxylation is 3. The molecule has 1 N–H and O–H groups in total. The molecule has 0 aliphatic rings. The number of aliphatic carboxylic acids is 1. The molecule has 19 heavy (non-hydrogen) atoms. The Morgan fingerprint density at radius 1 is 1.11 bits per heavy atom. The van der Waals surface area contributed by atoms with Gasteiger partial charge in [-0.05, 0) is 49.8 Å². The first kappa shape index (κ1) is 15.7. The second kappa shape index (κ2) is 8.70. The number of carboxylic acid groups (broad SMARTS) is 1. The zero-order valence-corrected chi connectivity index (χ0v) is 11.9. The van der Waals surface area contributed by atoms with Gasteiger partial charge in [0.05, 0.1) is 13.0 Å². The van der Waals surface area contributed by atoms with E-state index in [1.165, 1.54) is 16.7 Å². The van der Waals surface area contributed by atoms with Crippen LogP contribution in [-0.2, 0) is 16.0 Å². The Kier molecular flexibility index (Phi) is 7.19. The maximum absolute atomic E-state index is 10.3. The lowest BCUT2D eigenvalue weighted by molar-refractivity contribution is -0.138. The van der Waals surface area contributed by atoms with E-state index in [4.69, 9.17) is 9.84 Å². The highest BCUT2D eigenvalue weighted by molar-refractivity contribution is 5.66. The van der Waals surface area contributed by atoms with E-state index in [1.807, 2.05) is 0 Å². The van der Waals surface area contributed by atoms with Gasteiger partial charge in [-0.3, -0.25) is 4.79 Å². The Morgan fingerprint density at radius 3 is 2.58 bits per heavy atom. The summed E-state index contributed by atoms with van der Waals surface area (Å²) in [6.07, 6.45) is 4.49. The average Bonchev–Trinajstić information content (AvgIpc) is 2.36. The van der Waals surface area contributed by atoms with Crippen molar-refractivity contribution >= 4 is 5.97 Å². The normalized spacial score (nSPS) is 10.6. The first-order valence-corrected chi connectivity index (χ1v) is 6.95. The lowest BCUT2D eigenvalue weighted by atomic mass is 10.0. The minimum Gasteiger partial charge on any atom is -0.481 e. The van der Waals surface area contributed by atoms with Gasteiger partial charge >= 0.3 is 5.97 Å². The first-order chi connectivity index (χ1) is 9.09. The van der Waals surface area contributed by atoms with E-state index in [2.05, 4.69) is 32.0 Å². The number of carbonyl (C=O) groups is 1. The van der Waals surface area contributed by atoms with Crippen molar-refractivity contribution in [2.24, 2.45) is 0 Å². The molecule has 0 unspecified atom stereocenters. The SMILES string of the molecule is Cc1ccc(CCCCCOCCC(=O)O)cc1C. The summed E-state index contributed by atoms with van der Waals surface area (Å²) >= 11 is 0. The lowest BCUT2D eigenvalue weighted by Crippen LogP contribution is -2.03. The van der Waals surface area contributed by atoms with Crippen LogP contribution >= 0.6 is 0 Å². The molecule has 0 aliphatic carbocycles. The number of ether oxygens (including phenoxy) is 1. The van der Waals surface area contributed by atoms with Gasteiger partial charge in [0.2, 0.25) is 0 Å². The number of hydrogen-bond donors (Lipinski definition) is 1. The van der Waals surface area contributed by atoms with Crippen LogP contribution in [0.3, 0.4) is 0 Å². The molecule has 1 aromatic carbocycles. The van der Waals surface area contributed by atoms with E-state index in [1.54, 1.807) is 0 Å². The van der Waals surface area contributed by atoms with E-state index in [0.717, 1.165) is 25.7 Å². The molecule has 0 atom stereocenters. The van der Waals surface area contributed by atoms with Gasteiger partial charge in [0, 0.05) is 6.61 Å². The Labute approximate surface area is 115 Å². The van der Waals surface area contributed by atoms with Crippen LogP contribution < -0.4 is 0 Å². The minimum atomic E-state index is -0.797. The molecule has 106 valence electrons. The summed E-state index contributed by atoms with van der Waals surface area (Å²) in [5.74, 6) is -0.797. The molecule has 0 spiro atoms. The van der Waals surface area contributed by atoms with Crippen LogP contribution in [-0.4, -0.2) is 24.3 Å². The molecule has 1 rings (SSSR count). The summed E-state index contributed by atoms with van der Waals surface area (Å²) in [6.45, 7) is 5.27. The summed E-state index contributed by atoms with van der Waals surface area (Å²) in [7, 11) is 0. The Morgan fingerprint density at radius 2 is 1.89 bits per heavy atom. The quantitative estimate of drug-likeness (QED) is 0.694. The molecule has 0 heterocycles. The highest BCUT2D eigenvalue weighted by Crippen LogP contribution is 2.12. The summed E-state index contributed by atoms with van der Waals surface area (Å²) in [5.41, 5.74) is 4.10. The third kappa shape index (κ3) is 6.97. The maximum Gasteiger partial charge on any atom is 0.305 e. The van der Waals surface area contributed by atoms with Crippen LogP contribution in [0.2, 0.25) is 0 Å². The summed E-state index contributed by atoms with van der Waals surface area (Å²) in [6, 6.07) is 6.64. The molecular formula is C16H24O3. The predicted octanol–water partition coefficient (Wildman–Crippen LogP) is 3.51. The molecule has 0 radical (unpaired) electrons. The number of hydrogen-bond acceptors (Lipinski definition) is 2. The number of unbranched alkanes of at least 4 members (excludes halogenated alkanes) is 2. The Bertz CT molecular complexity index is 399. The van der Waals surface area contributed by atoms with Crippen molar-refractivity contribution in [2.45, 2.75) is 46.0 Å². The van der Waals surface area contributed by atoms with Crippen LogP contribution in [0.25, 0.3) is 0 Å². The summed E-state index contributed by atoms with van der Waals surface area (Å²) < 4.78 is 5.25. The van der Waals surface area contributed by atoms with E-state index in [0.29, 0.717) is 13.2 Å². The average molecular weight is 264 g/mol. The summed E-state index contributed by atoms with van der Waals surface area (Å²) in [5, 5.41) is 8.44. The van der Waals surface area contributed by atoms with Gasteiger partial charge in [0.25, 0.3) is 0 Å². The molecule has 0 bridgehead atoms. The lowest BCUT2D eigenvalue weighted by Gasteiger charge is -2.06. The molecule has 0 aromatic heterocycles. The topological polar surface area (TPSA) is 46.5 Å². The predicted molar refractivity (Wildman–Crippen MR) is 76.5 cm³/mol. The second-order valence-electron chi connectivity index (χ2n) is 4.99. The third-order valence-electron chi connectivity index (χ3n) is 3.29. The van der Waals surface area contributed by atoms with Gasteiger partial charge in [-0.1, -0.05) is 24.6 Å². The van der Waals surface area contributed by atoms with Crippen LogP contribution in [0.15, 0.2) is 18.2 Å². The Balaban J connectivity index is 2.04. The molecule has 3 heteroatoms. The zero-order chi connectivity index (χ0) is 14.1. The van der Waals surface area contributed by atoms with Crippen LogP contribution in [0.4, 0.5) is 0 Å². The molecule has 0 fully saturated rings. The van der Waals surface area contributed by atoms with Gasteiger partial charge in [0.15, 0.2) is 0 Å². The third-order valence-corrected chi connectivity index (χ3v) is 3.29. The largest absolute Gasteiger partial charge is 0.481 e. The number of rotatable bonds is 9. The maximum atomic E-state index is 10.3. The fourth-order valence-corrected chi connectivity index (χ4v) is 1.93. The monoisotopic (exact) mass is 264 g/mol. The fourth-order valence-electron chi connectivity index (χ4n) is 1.93. The second-order valence-corrected chi connectivity index (χ2v) is 4.99. The van der Waals surface area contributed by atoms with Crippen LogP contribution in [0, 0.1) is 13.8 Å². The van der Waals surface area contributed by atoms with E-state index >= 15 is 0 Å². The molecule has 0 saturated heterocycles. The molecular weight excluding hydrogens is 240 g/mol. The van der Waals surface area contributed by atoms with Gasteiger partial charge in [-0.25, -0.2) is 0 Å². The van der Waals surface area contributed by atoms with Crippen molar-refractivity contribution in [1.29, 1.82) is 0 Å². The molecule has 0 aliphatic heterocycles.